The van der Waals surface area contributed by atoms with Crippen LogP contribution in [0, 0.1) is 30.1 Å². The third-order valence-electron chi connectivity index (χ3n) is 9.58. The number of carbonyl (C=O) groups excluding carboxylic acids is 4. The maximum Gasteiger partial charge on any atom is 0.410 e. The predicted octanol–water partition coefficient (Wildman–Crippen LogP) is 3.30. The van der Waals surface area contributed by atoms with E-state index in [-0.39, 0.29) is 37.9 Å². The summed E-state index contributed by atoms with van der Waals surface area (Å²) in [5, 5.41) is 17.5. The molecule has 1 saturated carbocycles. The Morgan fingerprint density at radius 2 is 2.04 bits per heavy atom. The van der Waals surface area contributed by atoms with Crippen LogP contribution in [0.3, 0.4) is 0 Å². The van der Waals surface area contributed by atoms with Gasteiger partial charge in [0, 0.05) is 24.4 Å². The van der Waals surface area contributed by atoms with E-state index >= 15 is 0 Å². The molecule has 47 heavy (non-hydrogen) atoms. The summed E-state index contributed by atoms with van der Waals surface area (Å²) in [6.45, 7) is 2.37. The normalized spacial score (nSPS) is 27.4. The fourth-order valence-corrected chi connectivity index (χ4v) is 6.91. The molecule has 3 aliphatic heterocycles. The molecule has 2 fully saturated rings. The Bertz CT molecular complexity index is 1620. The average molecular weight is 647 g/mol. The topological polar surface area (TPSA) is 157 Å². The number of furan rings is 1. The van der Waals surface area contributed by atoms with Crippen molar-refractivity contribution in [1.29, 1.82) is 5.26 Å². The second kappa shape index (κ2) is 13.6. The van der Waals surface area contributed by atoms with Crippen molar-refractivity contribution in [2.45, 2.75) is 95.2 Å². The highest BCUT2D eigenvalue weighted by molar-refractivity contribution is 5.98. The third kappa shape index (κ3) is 6.88. The lowest BCUT2D eigenvalue weighted by Gasteiger charge is -2.29. The molecule has 13 heteroatoms. The van der Waals surface area contributed by atoms with Gasteiger partial charge in [0.25, 0.3) is 5.91 Å². The lowest BCUT2D eigenvalue weighted by atomic mass is 10.0. The van der Waals surface area contributed by atoms with Crippen LogP contribution in [-0.2, 0) is 38.8 Å². The summed E-state index contributed by atoms with van der Waals surface area (Å²) >= 11 is 0. The molecule has 1 saturated heterocycles. The second-order valence-corrected chi connectivity index (χ2v) is 12.8. The standard InChI is InChI=1S/C34H39FN6O6/c1-21-12-13-24(46-21)16-37-28-11-6-4-2-3-5-9-23-15-34(23,32(44)38-20-36)39-30(42)29-14-25(18-41(29)31(28)43)47-33(45)40-17-22-8-7-10-27(35)26(22)19-40/h5,7-10,12-13,23,25,28-29,37H,2-4,6,11,14-19H2,1H3,(H,38,44)(H,39,42)/t23-,25-,28+,29?,34-/m1/s1. The van der Waals surface area contributed by atoms with Crippen LogP contribution in [0.2, 0.25) is 0 Å². The molecule has 12 nitrogen and oxygen atoms in total. The summed E-state index contributed by atoms with van der Waals surface area (Å²) in [5.41, 5.74) is -0.175. The quantitative estimate of drug-likeness (QED) is 0.254. The monoisotopic (exact) mass is 646 g/mol. The highest BCUT2D eigenvalue weighted by atomic mass is 19.1. The number of carbonyl (C=O) groups is 4. The van der Waals surface area contributed by atoms with Gasteiger partial charge >= 0.3 is 6.09 Å². The van der Waals surface area contributed by atoms with Crippen LogP contribution >= 0.6 is 0 Å². The maximum atomic E-state index is 14.3. The molecule has 248 valence electrons. The Kier molecular flexibility index (Phi) is 9.31. The molecule has 4 heterocycles. The fraction of sp³-hybridized carbons (Fsp3) is 0.500. The van der Waals surface area contributed by atoms with Gasteiger partial charge in [0.2, 0.25) is 11.8 Å². The van der Waals surface area contributed by atoms with E-state index in [0.29, 0.717) is 36.3 Å². The van der Waals surface area contributed by atoms with Crippen molar-refractivity contribution < 1.29 is 32.7 Å². The first-order chi connectivity index (χ1) is 22.7. The molecule has 0 bridgehead atoms. The Balaban J connectivity index is 1.23. The van der Waals surface area contributed by atoms with Gasteiger partial charge in [-0.25, -0.2) is 9.18 Å². The van der Waals surface area contributed by atoms with Gasteiger partial charge in [-0.2, -0.15) is 5.26 Å². The molecule has 1 aliphatic carbocycles. The van der Waals surface area contributed by atoms with Gasteiger partial charge < -0.3 is 19.4 Å². The van der Waals surface area contributed by atoms with Crippen LogP contribution in [0.4, 0.5) is 9.18 Å². The molecule has 4 aliphatic rings. The van der Waals surface area contributed by atoms with Crippen molar-refractivity contribution >= 4 is 23.8 Å². The van der Waals surface area contributed by atoms with E-state index in [1.807, 2.05) is 31.2 Å². The third-order valence-corrected chi connectivity index (χ3v) is 9.58. The van der Waals surface area contributed by atoms with Crippen molar-refractivity contribution in [1.82, 2.24) is 25.8 Å². The number of nitrogens with zero attached hydrogens (tertiary/aromatic N) is 3. The number of amides is 4. The van der Waals surface area contributed by atoms with E-state index in [1.165, 1.54) is 15.9 Å². The van der Waals surface area contributed by atoms with E-state index < -0.39 is 47.5 Å². The minimum absolute atomic E-state index is 0.0129. The van der Waals surface area contributed by atoms with Crippen LogP contribution in [0.15, 0.2) is 46.9 Å². The summed E-state index contributed by atoms with van der Waals surface area (Å²) < 4.78 is 25.9. The van der Waals surface area contributed by atoms with Crippen LogP contribution < -0.4 is 16.0 Å². The molecule has 1 unspecified atom stereocenters. The van der Waals surface area contributed by atoms with E-state index in [1.54, 1.807) is 18.3 Å². The predicted molar refractivity (Wildman–Crippen MR) is 165 cm³/mol. The lowest BCUT2D eigenvalue weighted by Crippen LogP contribution is -2.57. The summed E-state index contributed by atoms with van der Waals surface area (Å²) in [6, 6.07) is 6.71. The van der Waals surface area contributed by atoms with Gasteiger partial charge in [-0.05, 0) is 56.4 Å². The summed E-state index contributed by atoms with van der Waals surface area (Å²) in [5.74, 6) is -0.761. The number of aryl methyl sites for hydroxylation is 1. The zero-order valence-corrected chi connectivity index (χ0v) is 26.3. The highest BCUT2D eigenvalue weighted by Gasteiger charge is 2.61. The number of ether oxygens (including phenoxy) is 1. The number of nitrogens with one attached hydrogen (secondary N) is 3. The lowest BCUT2D eigenvalue weighted by molar-refractivity contribution is -0.141. The van der Waals surface area contributed by atoms with Crippen LogP contribution in [0.1, 0.15) is 67.6 Å². The van der Waals surface area contributed by atoms with Crippen LogP contribution in [0.25, 0.3) is 0 Å². The van der Waals surface area contributed by atoms with Gasteiger partial charge in [-0.1, -0.05) is 37.1 Å². The molecule has 1 aromatic carbocycles. The van der Waals surface area contributed by atoms with Gasteiger partial charge in [-0.3, -0.25) is 29.9 Å². The number of benzene rings is 1. The molecule has 0 radical (unpaired) electrons. The highest BCUT2D eigenvalue weighted by Crippen LogP contribution is 2.45. The largest absolute Gasteiger partial charge is 0.465 e. The van der Waals surface area contributed by atoms with Gasteiger partial charge in [0.05, 0.1) is 25.7 Å². The molecule has 6 rings (SSSR count). The van der Waals surface area contributed by atoms with Crippen LogP contribution in [-0.4, -0.2) is 63.9 Å². The maximum absolute atomic E-state index is 14.3. The van der Waals surface area contributed by atoms with Crippen molar-refractivity contribution in [3.63, 3.8) is 0 Å². The molecule has 4 amide bonds. The molecular weight excluding hydrogens is 607 g/mol. The van der Waals surface area contributed by atoms with Gasteiger partial charge in [0.1, 0.15) is 35.0 Å². The zero-order valence-electron chi connectivity index (χ0n) is 26.3. The van der Waals surface area contributed by atoms with Gasteiger partial charge in [0.15, 0.2) is 6.19 Å². The summed E-state index contributed by atoms with van der Waals surface area (Å²) in [4.78, 5) is 57.3. The van der Waals surface area contributed by atoms with E-state index in [4.69, 9.17) is 14.4 Å². The fourth-order valence-electron chi connectivity index (χ4n) is 6.91. The summed E-state index contributed by atoms with van der Waals surface area (Å²) in [6.07, 6.45) is 8.25. The van der Waals surface area contributed by atoms with Crippen molar-refractivity contribution in [3.05, 3.63) is 70.9 Å². The van der Waals surface area contributed by atoms with E-state index in [2.05, 4.69) is 16.0 Å². The molecule has 5 atom stereocenters. The first kappa shape index (κ1) is 32.2. The number of allylic oxidation sites excluding steroid dienone is 1. The summed E-state index contributed by atoms with van der Waals surface area (Å²) in [7, 11) is 0. The van der Waals surface area contributed by atoms with Crippen molar-refractivity contribution in [3.8, 4) is 6.19 Å². The number of hydrogen-bond donors (Lipinski definition) is 3. The van der Waals surface area contributed by atoms with Crippen LogP contribution in [0.5, 0.6) is 0 Å². The first-order valence-corrected chi connectivity index (χ1v) is 16.2. The first-order valence-electron chi connectivity index (χ1n) is 16.2. The molecule has 3 N–H and O–H groups in total. The van der Waals surface area contributed by atoms with Crippen molar-refractivity contribution in [2.24, 2.45) is 5.92 Å². The average Bonchev–Trinajstić information content (AvgIpc) is 3.40. The molecule has 0 spiro atoms. The second-order valence-electron chi connectivity index (χ2n) is 12.8. The zero-order chi connectivity index (χ0) is 33.1. The Labute approximate surface area is 272 Å². The SMILES string of the molecule is Cc1ccc(CN[C@H]2CCCCCC=C[C@@H]3C[C@@]3(C(=O)NC#N)NC(=O)C3C[C@@H](OC(=O)N4Cc5cccc(F)c5C4)CN3C2=O)o1. The Morgan fingerprint density at radius 3 is 2.81 bits per heavy atom. The minimum Gasteiger partial charge on any atom is -0.465 e. The smallest absolute Gasteiger partial charge is 0.410 e. The van der Waals surface area contributed by atoms with E-state index in [9.17, 15) is 23.6 Å². The number of nitriles is 1. The molecular formula is C34H39FN6O6. The molecule has 1 aromatic heterocycles. The van der Waals surface area contributed by atoms with Gasteiger partial charge in [-0.15, -0.1) is 0 Å². The number of hydrogen-bond acceptors (Lipinski definition) is 8. The Hall–Kier alpha value is -4.70. The number of halogens is 1. The number of rotatable bonds is 5. The molecule has 2 aromatic rings. The number of fused-ring (bicyclic) bond motifs is 3. The minimum atomic E-state index is -1.31. The van der Waals surface area contributed by atoms with E-state index in [0.717, 1.165) is 31.4 Å². The van der Waals surface area contributed by atoms with Crippen molar-refractivity contribution in [2.75, 3.05) is 6.54 Å². The Morgan fingerprint density at radius 1 is 1.19 bits per heavy atom.